The van der Waals surface area contributed by atoms with E-state index in [-0.39, 0.29) is 17.7 Å². The summed E-state index contributed by atoms with van der Waals surface area (Å²) in [5.74, 6) is -1.07. The van der Waals surface area contributed by atoms with Gasteiger partial charge in [0, 0.05) is 11.1 Å². The van der Waals surface area contributed by atoms with Crippen molar-refractivity contribution in [2.75, 3.05) is 5.32 Å². The van der Waals surface area contributed by atoms with Gasteiger partial charge >= 0.3 is 0 Å². The molecule has 0 aliphatic rings. The summed E-state index contributed by atoms with van der Waals surface area (Å²) >= 11 is 0. The van der Waals surface area contributed by atoms with Crippen LogP contribution in [0, 0.1) is 12.8 Å². The van der Waals surface area contributed by atoms with Crippen molar-refractivity contribution in [3.05, 3.63) is 65.2 Å². The number of amides is 3. The molecule has 0 spiro atoms. The Morgan fingerprint density at radius 2 is 1.47 bits per heavy atom. The van der Waals surface area contributed by atoms with Gasteiger partial charge in [0.25, 0.3) is 11.8 Å². The Morgan fingerprint density at radius 3 is 2.03 bits per heavy atom. The number of aryl methyl sites for hydroxylation is 1. The highest BCUT2D eigenvalue weighted by Crippen LogP contribution is 2.18. The van der Waals surface area contributed by atoms with Gasteiger partial charge in [0.1, 0.15) is 6.04 Å². The Kier molecular flexibility index (Phi) is 7.38. The second-order valence-electron chi connectivity index (χ2n) is 8.80. The molecule has 0 bridgehead atoms. The summed E-state index contributed by atoms with van der Waals surface area (Å²) in [4.78, 5) is 38.2. The molecule has 0 unspecified atom stereocenters. The molecule has 3 N–H and O–H groups in total. The van der Waals surface area contributed by atoms with Gasteiger partial charge < -0.3 is 16.0 Å². The quantitative estimate of drug-likeness (QED) is 0.676. The zero-order valence-electron chi connectivity index (χ0n) is 18.5. The fourth-order valence-electron chi connectivity index (χ4n) is 2.89. The average molecular weight is 410 g/mol. The Labute approximate surface area is 178 Å². The summed E-state index contributed by atoms with van der Waals surface area (Å²) in [6.07, 6.45) is 0. The highest BCUT2D eigenvalue weighted by Gasteiger charge is 2.28. The molecular weight excluding hydrogens is 378 g/mol. The van der Waals surface area contributed by atoms with Crippen LogP contribution in [0.1, 0.15) is 60.9 Å². The second-order valence-corrected chi connectivity index (χ2v) is 8.80. The van der Waals surface area contributed by atoms with Gasteiger partial charge in [-0.2, -0.15) is 0 Å². The zero-order valence-corrected chi connectivity index (χ0v) is 18.5. The number of carbonyl (C=O) groups excluding carboxylic acids is 3. The molecule has 2 aromatic rings. The molecule has 0 aliphatic heterocycles. The Morgan fingerprint density at radius 1 is 0.867 bits per heavy atom. The average Bonchev–Trinajstić information content (AvgIpc) is 2.65. The summed E-state index contributed by atoms with van der Waals surface area (Å²) in [7, 11) is 0. The summed E-state index contributed by atoms with van der Waals surface area (Å²) in [5.41, 5.74) is 1.83. The van der Waals surface area contributed by atoms with Gasteiger partial charge in [0.05, 0.1) is 11.3 Å². The topological polar surface area (TPSA) is 87.3 Å². The van der Waals surface area contributed by atoms with E-state index in [9.17, 15) is 14.4 Å². The van der Waals surface area contributed by atoms with Crippen LogP contribution in [-0.4, -0.2) is 29.3 Å². The maximum absolute atomic E-state index is 13.0. The SMILES string of the molecule is Cc1ccc(C(=O)Nc2ccccc2C(=O)N[C@H](C(=O)NC(C)(C)C)C(C)C)cc1. The number of benzene rings is 2. The molecule has 6 nitrogen and oxygen atoms in total. The maximum Gasteiger partial charge on any atom is 0.255 e. The fraction of sp³-hybridized carbons (Fsp3) is 0.375. The minimum Gasteiger partial charge on any atom is -0.350 e. The second kappa shape index (κ2) is 9.57. The standard InChI is InChI=1S/C24H31N3O3/c1-15(2)20(23(30)27-24(4,5)6)26-22(29)18-9-7-8-10-19(18)25-21(28)17-13-11-16(3)12-14-17/h7-15,20H,1-6H3,(H,25,28)(H,26,29)(H,27,30)/t20-/m0/s1. The van der Waals surface area contributed by atoms with Crippen LogP contribution in [0.4, 0.5) is 5.69 Å². The van der Waals surface area contributed by atoms with E-state index in [2.05, 4.69) is 16.0 Å². The lowest BCUT2D eigenvalue weighted by Crippen LogP contribution is -2.54. The summed E-state index contributed by atoms with van der Waals surface area (Å²) in [6.45, 7) is 11.4. The molecule has 1 atom stereocenters. The molecule has 0 heterocycles. The van der Waals surface area contributed by atoms with Gasteiger partial charge in [0.15, 0.2) is 0 Å². The number of nitrogens with one attached hydrogen (secondary N) is 3. The van der Waals surface area contributed by atoms with E-state index < -0.39 is 17.5 Å². The first-order valence-corrected chi connectivity index (χ1v) is 10.1. The first-order chi connectivity index (χ1) is 14.0. The van der Waals surface area contributed by atoms with E-state index >= 15 is 0 Å². The number of carbonyl (C=O) groups is 3. The molecule has 2 rings (SSSR count). The van der Waals surface area contributed by atoms with Crippen molar-refractivity contribution in [3.63, 3.8) is 0 Å². The van der Waals surface area contributed by atoms with Crippen LogP contribution < -0.4 is 16.0 Å². The van der Waals surface area contributed by atoms with Gasteiger partial charge in [-0.1, -0.05) is 43.7 Å². The van der Waals surface area contributed by atoms with Gasteiger partial charge in [-0.15, -0.1) is 0 Å². The van der Waals surface area contributed by atoms with Gasteiger partial charge in [-0.25, -0.2) is 0 Å². The van der Waals surface area contributed by atoms with Crippen LogP contribution in [0.15, 0.2) is 48.5 Å². The van der Waals surface area contributed by atoms with Crippen molar-refractivity contribution in [1.82, 2.24) is 10.6 Å². The van der Waals surface area contributed by atoms with Crippen LogP contribution in [0.5, 0.6) is 0 Å². The summed E-state index contributed by atoms with van der Waals surface area (Å²) in [5, 5.41) is 8.52. The maximum atomic E-state index is 13.0. The molecule has 2 aromatic carbocycles. The number of hydrogen-bond donors (Lipinski definition) is 3. The van der Waals surface area contributed by atoms with Gasteiger partial charge in [-0.3, -0.25) is 14.4 Å². The lowest BCUT2D eigenvalue weighted by Gasteiger charge is -2.27. The highest BCUT2D eigenvalue weighted by molar-refractivity contribution is 6.09. The molecule has 0 radical (unpaired) electrons. The van der Waals surface area contributed by atoms with Crippen LogP contribution >= 0.6 is 0 Å². The van der Waals surface area contributed by atoms with Crippen molar-refractivity contribution in [2.45, 2.75) is 53.1 Å². The number of para-hydroxylation sites is 1. The van der Waals surface area contributed by atoms with Crippen molar-refractivity contribution in [3.8, 4) is 0 Å². The van der Waals surface area contributed by atoms with Crippen LogP contribution in [0.2, 0.25) is 0 Å². The molecule has 160 valence electrons. The van der Waals surface area contributed by atoms with Crippen molar-refractivity contribution in [2.24, 2.45) is 5.92 Å². The van der Waals surface area contributed by atoms with Gasteiger partial charge in [-0.05, 0) is 57.9 Å². The minimum atomic E-state index is -0.697. The molecule has 30 heavy (non-hydrogen) atoms. The third-order valence-electron chi connectivity index (χ3n) is 4.47. The Hall–Kier alpha value is -3.15. The Bertz CT molecular complexity index is 912. The largest absolute Gasteiger partial charge is 0.350 e. The minimum absolute atomic E-state index is 0.106. The molecular formula is C24H31N3O3. The van der Waals surface area contributed by atoms with Crippen molar-refractivity contribution >= 4 is 23.4 Å². The lowest BCUT2D eigenvalue weighted by atomic mass is 10.0. The van der Waals surface area contributed by atoms with E-state index in [1.165, 1.54) is 0 Å². The van der Waals surface area contributed by atoms with E-state index in [1.807, 2.05) is 53.7 Å². The summed E-state index contributed by atoms with van der Waals surface area (Å²) < 4.78 is 0. The van der Waals surface area contributed by atoms with Crippen molar-refractivity contribution < 1.29 is 14.4 Å². The molecule has 0 aromatic heterocycles. The lowest BCUT2D eigenvalue weighted by molar-refractivity contribution is -0.125. The smallest absolute Gasteiger partial charge is 0.255 e. The molecule has 0 aliphatic carbocycles. The molecule has 0 saturated carbocycles. The predicted octanol–water partition coefficient (Wildman–Crippen LogP) is 3.92. The molecule has 6 heteroatoms. The number of hydrogen-bond acceptors (Lipinski definition) is 3. The predicted molar refractivity (Wildman–Crippen MR) is 120 cm³/mol. The highest BCUT2D eigenvalue weighted by atomic mass is 16.2. The number of anilines is 1. The molecule has 3 amide bonds. The van der Waals surface area contributed by atoms with Gasteiger partial charge in [0.2, 0.25) is 5.91 Å². The normalized spacial score (nSPS) is 12.2. The zero-order chi connectivity index (χ0) is 22.5. The van der Waals surface area contributed by atoms with E-state index in [0.29, 0.717) is 16.8 Å². The third-order valence-corrected chi connectivity index (χ3v) is 4.47. The fourth-order valence-corrected chi connectivity index (χ4v) is 2.89. The first-order valence-electron chi connectivity index (χ1n) is 10.1. The third kappa shape index (κ3) is 6.44. The van der Waals surface area contributed by atoms with Crippen LogP contribution in [0.25, 0.3) is 0 Å². The first kappa shape index (κ1) is 23.1. The molecule has 0 saturated heterocycles. The van der Waals surface area contributed by atoms with Crippen LogP contribution in [-0.2, 0) is 4.79 Å². The molecule has 0 fully saturated rings. The van der Waals surface area contributed by atoms with Crippen LogP contribution in [0.3, 0.4) is 0 Å². The number of rotatable bonds is 6. The van der Waals surface area contributed by atoms with Crippen molar-refractivity contribution in [1.29, 1.82) is 0 Å². The van der Waals surface area contributed by atoms with E-state index in [0.717, 1.165) is 5.56 Å². The van der Waals surface area contributed by atoms with E-state index in [1.54, 1.807) is 36.4 Å². The summed E-state index contributed by atoms with van der Waals surface area (Å²) in [6, 6.07) is 13.2. The van der Waals surface area contributed by atoms with E-state index in [4.69, 9.17) is 0 Å². The Balaban J connectivity index is 2.20. The monoisotopic (exact) mass is 409 g/mol.